The lowest BCUT2D eigenvalue weighted by atomic mass is 10.00. The highest BCUT2D eigenvalue weighted by Gasteiger charge is 2.46. The third-order valence-electron chi connectivity index (χ3n) is 4.17. The van der Waals surface area contributed by atoms with E-state index in [4.69, 9.17) is 4.84 Å². The zero-order valence-electron chi connectivity index (χ0n) is 13.2. The first-order chi connectivity index (χ1) is 10.9. The molecule has 0 aliphatic carbocycles. The minimum absolute atomic E-state index is 0.118. The van der Waals surface area contributed by atoms with Crippen LogP contribution in [0.5, 0.6) is 0 Å². The van der Waals surface area contributed by atoms with Gasteiger partial charge in [0.15, 0.2) is 11.8 Å². The van der Waals surface area contributed by atoms with Crippen LogP contribution in [0.3, 0.4) is 0 Å². The van der Waals surface area contributed by atoms with Crippen LogP contribution in [0.25, 0.3) is 0 Å². The van der Waals surface area contributed by atoms with Crippen molar-refractivity contribution < 1.29 is 14.4 Å². The Labute approximate surface area is 132 Å². The van der Waals surface area contributed by atoms with Gasteiger partial charge in [-0.1, -0.05) is 5.16 Å². The van der Waals surface area contributed by atoms with E-state index in [1.807, 2.05) is 0 Å². The van der Waals surface area contributed by atoms with E-state index in [1.165, 1.54) is 15.5 Å². The molecule has 2 atom stereocenters. The first kappa shape index (κ1) is 15.3. The van der Waals surface area contributed by atoms with E-state index in [1.54, 1.807) is 38.3 Å². The number of hydrogen-bond donors (Lipinski definition) is 0. The second kappa shape index (κ2) is 5.53. The molecule has 122 valence electrons. The number of pyridine rings is 1. The SMILES string of the molecule is CN(C)C(=O)C1=NO[C@@H]2CN(C(=O)c3cccn(C)c3=O)C[C@H]12. The van der Waals surface area contributed by atoms with Crippen LogP contribution < -0.4 is 5.56 Å². The third-order valence-corrected chi connectivity index (χ3v) is 4.17. The summed E-state index contributed by atoms with van der Waals surface area (Å²) in [5.41, 5.74) is 0.109. The van der Waals surface area contributed by atoms with Crippen molar-refractivity contribution in [1.82, 2.24) is 14.4 Å². The fourth-order valence-corrected chi connectivity index (χ4v) is 2.86. The fraction of sp³-hybridized carbons (Fsp3) is 0.467. The molecule has 0 aromatic carbocycles. The molecule has 23 heavy (non-hydrogen) atoms. The van der Waals surface area contributed by atoms with Gasteiger partial charge in [-0.3, -0.25) is 14.4 Å². The van der Waals surface area contributed by atoms with Gasteiger partial charge in [0.1, 0.15) is 5.56 Å². The molecule has 1 aromatic rings. The molecule has 3 heterocycles. The van der Waals surface area contributed by atoms with E-state index < -0.39 is 0 Å². The molecule has 1 aromatic heterocycles. The average molecular weight is 318 g/mol. The van der Waals surface area contributed by atoms with E-state index in [0.29, 0.717) is 18.8 Å². The Morgan fingerprint density at radius 1 is 1.35 bits per heavy atom. The number of nitrogens with zero attached hydrogens (tertiary/aromatic N) is 4. The van der Waals surface area contributed by atoms with Gasteiger partial charge in [0, 0.05) is 33.9 Å². The van der Waals surface area contributed by atoms with Gasteiger partial charge in [-0.05, 0) is 12.1 Å². The van der Waals surface area contributed by atoms with Crippen LogP contribution in [-0.2, 0) is 16.7 Å². The van der Waals surface area contributed by atoms with Gasteiger partial charge in [0.05, 0.1) is 12.5 Å². The standard InChI is InChI=1S/C15H18N4O4/c1-17(2)15(22)12-10-7-19(8-11(10)23-16-12)14(21)9-5-4-6-18(3)13(9)20/h4-6,10-11H,7-8H2,1-3H3/t10-,11+/m0/s1. The molecule has 2 aliphatic rings. The van der Waals surface area contributed by atoms with Gasteiger partial charge in [0.2, 0.25) is 0 Å². The summed E-state index contributed by atoms with van der Waals surface area (Å²) < 4.78 is 1.36. The van der Waals surface area contributed by atoms with Crippen LogP contribution in [0.4, 0.5) is 0 Å². The summed E-state index contributed by atoms with van der Waals surface area (Å²) in [6.45, 7) is 0.634. The van der Waals surface area contributed by atoms with Crippen LogP contribution in [0.15, 0.2) is 28.3 Å². The molecule has 1 saturated heterocycles. The second-order valence-corrected chi connectivity index (χ2v) is 5.97. The van der Waals surface area contributed by atoms with E-state index in [2.05, 4.69) is 5.16 Å². The minimum atomic E-state index is -0.346. The molecule has 8 heteroatoms. The molecular weight excluding hydrogens is 300 g/mol. The molecule has 2 aliphatic heterocycles. The quantitative estimate of drug-likeness (QED) is 0.722. The topological polar surface area (TPSA) is 84.2 Å². The van der Waals surface area contributed by atoms with Crippen molar-refractivity contribution in [2.45, 2.75) is 6.10 Å². The number of aryl methyl sites for hydroxylation is 1. The predicted octanol–water partition coefficient (Wildman–Crippen LogP) is -0.700. The molecule has 0 spiro atoms. The maximum atomic E-state index is 12.6. The van der Waals surface area contributed by atoms with Gasteiger partial charge in [-0.25, -0.2) is 0 Å². The van der Waals surface area contributed by atoms with E-state index in [9.17, 15) is 14.4 Å². The van der Waals surface area contributed by atoms with Gasteiger partial charge in [0.25, 0.3) is 17.4 Å². The third kappa shape index (κ3) is 2.49. The van der Waals surface area contributed by atoms with Gasteiger partial charge >= 0.3 is 0 Å². The van der Waals surface area contributed by atoms with Crippen LogP contribution in [-0.4, -0.2) is 65.2 Å². The van der Waals surface area contributed by atoms with Crippen LogP contribution in [0.2, 0.25) is 0 Å². The largest absolute Gasteiger partial charge is 0.389 e. The van der Waals surface area contributed by atoms with Gasteiger partial charge in [-0.2, -0.15) is 0 Å². The van der Waals surface area contributed by atoms with Gasteiger partial charge in [-0.15, -0.1) is 0 Å². The van der Waals surface area contributed by atoms with Crippen molar-refractivity contribution in [2.75, 3.05) is 27.2 Å². The molecule has 1 fully saturated rings. The van der Waals surface area contributed by atoms with Crippen molar-refractivity contribution in [3.63, 3.8) is 0 Å². The van der Waals surface area contributed by atoms with Crippen LogP contribution >= 0.6 is 0 Å². The first-order valence-corrected chi connectivity index (χ1v) is 7.30. The summed E-state index contributed by atoms with van der Waals surface area (Å²) in [5, 5.41) is 3.86. The molecule has 3 rings (SSSR count). The predicted molar refractivity (Wildman–Crippen MR) is 82.1 cm³/mol. The number of oxime groups is 1. The summed E-state index contributed by atoms with van der Waals surface area (Å²) in [4.78, 5) is 45.0. The lowest BCUT2D eigenvalue weighted by Gasteiger charge is -2.17. The molecule has 2 amide bonds. The number of fused-ring (bicyclic) bond motifs is 1. The molecule has 8 nitrogen and oxygen atoms in total. The van der Waals surface area contributed by atoms with Crippen LogP contribution in [0.1, 0.15) is 10.4 Å². The minimum Gasteiger partial charge on any atom is -0.389 e. The lowest BCUT2D eigenvalue weighted by Crippen LogP contribution is -2.38. The highest BCUT2D eigenvalue weighted by atomic mass is 16.6. The van der Waals surface area contributed by atoms with E-state index >= 15 is 0 Å². The number of rotatable bonds is 2. The molecule has 0 bridgehead atoms. The van der Waals surface area contributed by atoms with Gasteiger partial charge < -0.3 is 19.2 Å². The molecule has 0 radical (unpaired) electrons. The van der Waals surface area contributed by atoms with Crippen molar-refractivity contribution in [3.8, 4) is 0 Å². The fourth-order valence-electron chi connectivity index (χ4n) is 2.86. The maximum Gasteiger partial charge on any atom is 0.271 e. The Kier molecular flexibility index (Phi) is 3.67. The number of carbonyl (C=O) groups excluding carboxylic acids is 2. The number of likely N-dealkylation sites (tertiary alicyclic amines) is 1. The molecule has 0 N–H and O–H groups in total. The average Bonchev–Trinajstić information content (AvgIpc) is 3.08. The Morgan fingerprint density at radius 3 is 2.78 bits per heavy atom. The smallest absolute Gasteiger partial charge is 0.271 e. The summed E-state index contributed by atoms with van der Waals surface area (Å²) in [5.74, 6) is -0.815. The normalized spacial score (nSPS) is 22.4. The summed E-state index contributed by atoms with van der Waals surface area (Å²) >= 11 is 0. The Morgan fingerprint density at radius 2 is 2.09 bits per heavy atom. The lowest BCUT2D eigenvalue weighted by molar-refractivity contribution is -0.122. The highest BCUT2D eigenvalue weighted by Crippen LogP contribution is 2.28. The number of carbonyl (C=O) groups is 2. The van der Waals surface area contributed by atoms with Crippen molar-refractivity contribution in [1.29, 1.82) is 0 Å². The van der Waals surface area contributed by atoms with E-state index in [-0.39, 0.29) is 35.0 Å². The van der Waals surface area contributed by atoms with Crippen molar-refractivity contribution in [3.05, 3.63) is 34.2 Å². The van der Waals surface area contributed by atoms with Crippen molar-refractivity contribution in [2.24, 2.45) is 18.1 Å². The Bertz CT molecular complexity index is 752. The first-order valence-electron chi connectivity index (χ1n) is 7.30. The number of amides is 2. The Hall–Kier alpha value is -2.64. The monoisotopic (exact) mass is 318 g/mol. The summed E-state index contributed by atoms with van der Waals surface area (Å²) in [7, 11) is 4.88. The Balaban J connectivity index is 1.80. The highest BCUT2D eigenvalue weighted by molar-refractivity contribution is 6.40. The number of aromatic nitrogens is 1. The second-order valence-electron chi connectivity index (χ2n) is 5.97. The summed E-state index contributed by atoms with van der Waals surface area (Å²) in [6, 6.07) is 3.17. The molecule has 0 unspecified atom stereocenters. The zero-order valence-corrected chi connectivity index (χ0v) is 13.2. The van der Waals surface area contributed by atoms with Crippen molar-refractivity contribution >= 4 is 17.5 Å². The maximum absolute atomic E-state index is 12.6. The molecule has 0 saturated carbocycles. The van der Waals surface area contributed by atoms with E-state index in [0.717, 1.165) is 0 Å². The van der Waals surface area contributed by atoms with Crippen LogP contribution in [0, 0.1) is 5.92 Å². The summed E-state index contributed by atoms with van der Waals surface area (Å²) in [6.07, 6.45) is 1.27. The number of hydrogen-bond acceptors (Lipinski definition) is 5. The molecular formula is C15H18N4O4. The zero-order chi connectivity index (χ0) is 16.7.